The molecule has 0 aromatic heterocycles. The van der Waals surface area contributed by atoms with Crippen molar-refractivity contribution in [1.29, 1.82) is 0 Å². The van der Waals surface area contributed by atoms with Crippen LogP contribution in [0.5, 0.6) is 0 Å². The molecule has 1 aromatic carbocycles. The van der Waals surface area contributed by atoms with Crippen molar-refractivity contribution < 1.29 is 4.79 Å². The summed E-state index contributed by atoms with van der Waals surface area (Å²) in [5.41, 5.74) is 0.811. The summed E-state index contributed by atoms with van der Waals surface area (Å²) in [6.45, 7) is 1.59. The Labute approximate surface area is 92.8 Å². The second-order valence-corrected chi connectivity index (χ2v) is 4.59. The molecular formula is C8H6I2O. The second-order valence-electron chi connectivity index (χ2n) is 2.18. The number of hydrogen-bond donors (Lipinski definition) is 0. The lowest BCUT2D eigenvalue weighted by Crippen LogP contribution is -1.95. The van der Waals surface area contributed by atoms with Gasteiger partial charge < -0.3 is 0 Å². The van der Waals surface area contributed by atoms with Crippen LogP contribution in [0.2, 0.25) is 0 Å². The maximum absolute atomic E-state index is 11.0. The van der Waals surface area contributed by atoms with E-state index in [1.165, 1.54) is 0 Å². The third kappa shape index (κ3) is 2.40. The van der Waals surface area contributed by atoms with E-state index in [-0.39, 0.29) is 5.78 Å². The largest absolute Gasteiger partial charge is 0.294 e. The minimum atomic E-state index is 0.130. The standard InChI is InChI=1S/C8H6I2O/c1-5(11)7-3-2-6(9)4-8(7)10/h2-4H,1H3. The van der Waals surface area contributed by atoms with Gasteiger partial charge in [-0.25, -0.2) is 0 Å². The molecule has 0 spiro atoms. The van der Waals surface area contributed by atoms with Gasteiger partial charge in [0.25, 0.3) is 0 Å². The van der Waals surface area contributed by atoms with Crippen LogP contribution in [0.25, 0.3) is 0 Å². The van der Waals surface area contributed by atoms with Gasteiger partial charge in [-0.2, -0.15) is 0 Å². The molecule has 0 radical (unpaired) electrons. The first-order valence-electron chi connectivity index (χ1n) is 3.07. The van der Waals surface area contributed by atoms with Crippen LogP contribution in [0.1, 0.15) is 17.3 Å². The summed E-state index contributed by atoms with van der Waals surface area (Å²) in [6.07, 6.45) is 0. The molecule has 1 nitrogen and oxygen atoms in total. The van der Waals surface area contributed by atoms with Gasteiger partial charge in [0.1, 0.15) is 0 Å². The number of ketones is 1. The average molecular weight is 372 g/mol. The molecule has 0 N–H and O–H groups in total. The van der Waals surface area contributed by atoms with Crippen molar-refractivity contribution >= 4 is 51.0 Å². The summed E-state index contributed by atoms with van der Waals surface area (Å²) in [6, 6.07) is 5.81. The minimum absolute atomic E-state index is 0.130. The third-order valence-electron chi connectivity index (χ3n) is 1.31. The van der Waals surface area contributed by atoms with Gasteiger partial charge >= 0.3 is 0 Å². The van der Waals surface area contributed by atoms with E-state index in [1.807, 2.05) is 18.2 Å². The van der Waals surface area contributed by atoms with Crippen LogP contribution in [-0.4, -0.2) is 5.78 Å². The fourth-order valence-corrected chi connectivity index (χ4v) is 2.76. The van der Waals surface area contributed by atoms with E-state index in [4.69, 9.17) is 0 Å². The Morgan fingerprint density at radius 2 is 2.00 bits per heavy atom. The molecular weight excluding hydrogens is 366 g/mol. The fourth-order valence-electron chi connectivity index (χ4n) is 0.775. The summed E-state index contributed by atoms with van der Waals surface area (Å²) in [5, 5.41) is 0. The summed E-state index contributed by atoms with van der Waals surface area (Å²) < 4.78 is 2.19. The number of halogens is 2. The lowest BCUT2D eigenvalue weighted by atomic mass is 10.2. The highest BCUT2D eigenvalue weighted by Gasteiger charge is 2.03. The van der Waals surface area contributed by atoms with E-state index in [1.54, 1.807) is 6.92 Å². The molecule has 11 heavy (non-hydrogen) atoms. The molecule has 0 bridgehead atoms. The SMILES string of the molecule is CC(=O)c1ccc(I)cc1I. The first kappa shape index (κ1) is 9.44. The Morgan fingerprint density at radius 1 is 1.36 bits per heavy atom. The first-order chi connectivity index (χ1) is 5.11. The van der Waals surface area contributed by atoms with Gasteiger partial charge in [0.05, 0.1) is 0 Å². The number of hydrogen-bond acceptors (Lipinski definition) is 1. The predicted octanol–water partition coefficient (Wildman–Crippen LogP) is 3.10. The van der Waals surface area contributed by atoms with Gasteiger partial charge in [-0.15, -0.1) is 0 Å². The van der Waals surface area contributed by atoms with E-state index >= 15 is 0 Å². The molecule has 0 atom stereocenters. The van der Waals surface area contributed by atoms with Crippen LogP contribution in [0.3, 0.4) is 0 Å². The van der Waals surface area contributed by atoms with Crippen LogP contribution in [0.15, 0.2) is 18.2 Å². The van der Waals surface area contributed by atoms with Gasteiger partial charge in [-0.1, -0.05) is 0 Å². The van der Waals surface area contributed by atoms with E-state index in [2.05, 4.69) is 45.2 Å². The second kappa shape index (κ2) is 3.84. The average Bonchev–Trinajstić information content (AvgIpc) is 1.85. The number of rotatable bonds is 1. The first-order valence-corrected chi connectivity index (χ1v) is 5.23. The van der Waals surface area contributed by atoms with Gasteiger partial charge in [0.2, 0.25) is 0 Å². The van der Waals surface area contributed by atoms with Gasteiger partial charge in [0.15, 0.2) is 5.78 Å². The summed E-state index contributed by atoms with van der Waals surface area (Å²) in [4.78, 5) is 11.0. The van der Waals surface area contributed by atoms with Crippen LogP contribution in [0, 0.1) is 7.14 Å². The molecule has 0 saturated carbocycles. The zero-order valence-corrected chi connectivity index (χ0v) is 10.2. The monoisotopic (exact) mass is 372 g/mol. The molecule has 0 aliphatic rings. The smallest absolute Gasteiger partial charge is 0.160 e. The zero-order chi connectivity index (χ0) is 8.43. The Bertz CT molecular complexity index is 294. The molecule has 1 rings (SSSR count). The highest BCUT2D eigenvalue weighted by atomic mass is 127. The maximum Gasteiger partial charge on any atom is 0.160 e. The van der Waals surface area contributed by atoms with Crippen molar-refractivity contribution in [2.75, 3.05) is 0 Å². The highest BCUT2D eigenvalue weighted by Crippen LogP contribution is 2.16. The van der Waals surface area contributed by atoms with E-state index in [0.717, 1.165) is 12.7 Å². The van der Waals surface area contributed by atoms with Crippen molar-refractivity contribution in [3.8, 4) is 0 Å². The van der Waals surface area contributed by atoms with Crippen molar-refractivity contribution in [3.05, 3.63) is 30.9 Å². The topological polar surface area (TPSA) is 17.1 Å². The minimum Gasteiger partial charge on any atom is -0.294 e. The Balaban J connectivity index is 3.20. The molecule has 0 saturated heterocycles. The van der Waals surface area contributed by atoms with Gasteiger partial charge in [-0.3, -0.25) is 4.79 Å². The Kier molecular flexibility index (Phi) is 3.29. The van der Waals surface area contributed by atoms with Gasteiger partial charge in [0, 0.05) is 12.7 Å². The normalized spacial score (nSPS) is 9.73. The molecule has 0 unspecified atom stereocenters. The Hall–Kier alpha value is 0.350. The van der Waals surface area contributed by atoms with Crippen molar-refractivity contribution in [2.24, 2.45) is 0 Å². The van der Waals surface area contributed by atoms with Crippen LogP contribution in [-0.2, 0) is 0 Å². The lowest BCUT2D eigenvalue weighted by Gasteiger charge is -1.98. The van der Waals surface area contributed by atoms with E-state index < -0.39 is 0 Å². The number of carbonyl (C=O) groups excluding carboxylic acids is 1. The fraction of sp³-hybridized carbons (Fsp3) is 0.125. The number of benzene rings is 1. The predicted molar refractivity (Wildman–Crippen MR) is 61.9 cm³/mol. The molecule has 3 heteroatoms. The van der Waals surface area contributed by atoms with Crippen LogP contribution >= 0.6 is 45.2 Å². The zero-order valence-electron chi connectivity index (χ0n) is 5.90. The molecule has 58 valence electrons. The van der Waals surface area contributed by atoms with Crippen molar-refractivity contribution in [1.82, 2.24) is 0 Å². The van der Waals surface area contributed by atoms with Crippen LogP contribution in [0.4, 0.5) is 0 Å². The summed E-state index contributed by atoms with van der Waals surface area (Å²) in [5.74, 6) is 0.130. The number of carbonyl (C=O) groups is 1. The molecule has 0 fully saturated rings. The number of Topliss-reactive ketones (excluding diaryl/α,β-unsaturated/α-hetero) is 1. The maximum atomic E-state index is 11.0. The molecule has 0 amide bonds. The molecule has 0 aliphatic carbocycles. The summed E-state index contributed by atoms with van der Waals surface area (Å²) >= 11 is 4.41. The van der Waals surface area contributed by atoms with E-state index in [0.29, 0.717) is 0 Å². The summed E-state index contributed by atoms with van der Waals surface area (Å²) in [7, 11) is 0. The van der Waals surface area contributed by atoms with Crippen molar-refractivity contribution in [3.63, 3.8) is 0 Å². The molecule has 0 heterocycles. The van der Waals surface area contributed by atoms with E-state index in [9.17, 15) is 4.79 Å². The Morgan fingerprint density at radius 3 is 2.45 bits per heavy atom. The van der Waals surface area contributed by atoms with Gasteiger partial charge in [-0.05, 0) is 70.3 Å². The third-order valence-corrected chi connectivity index (χ3v) is 2.87. The van der Waals surface area contributed by atoms with Crippen LogP contribution < -0.4 is 0 Å². The quantitative estimate of drug-likeness (QED) is 0.547. The molecule has 0 aliphatic heterocycles. The lowest BCUT2D eigenvalue weighted by molar-refractivity contribution is 0.101. The highest BCUT2D eigenvalue weighted by molar-refractivity contribution is 14.1. The van der Waals surface area contributed by atoms with Crippen molar-refractivity contribution in [2.45, 2.75) is 6.92 Å². The molecule has 1 aromatic rings.